The van der Waals surface area contributed by atoms with Crippen molar-refractivity contribution in [2.24, 2.45) is 11.3 Å². The van der Waals surface area contributed by atoms with Gasteiger partial charge in [0.25, 0.3) is 0 Å². The van der Waals surface area contributed by atoms with Crippen molar-refractivity contribution < 1.29 is 0 Å². The maximum Gasteiger partial charge on any atom is -0.0329 e. The van der Waals surface area contributed by atoms with Gasteiger partial charge >= 0.3 is 0 Å². The molecule has 0 spiro atoms. The lowest BCUT2D eigenvalue weighted by atomic mass is 9.73. The van der Waals surface area contributed by atoms with Crippen LogP contribution in [-0.4, -0.2) is 0 Å². The summed E-state index contributed by atoms with van der Waals surface area (Å²) < 4.78 is 0. The molecule has 0 heteroatoms. The zero-order chi connectivity index (χ0) is 9.73. The molecule has 1 rings (SSSR count). The van der Waals surface area contributed by atoms with E-state index >= 15 is 0 Å². The van der Waals surface area contributed by atoms with Crippen LogP contribution in [0.15, 0.2) is 0 Å². The standard InChI is InChI=1S/C13H26/c1-12-10-8-6-4-5-7-9-11-13(12,2)3/h12H,4-11H2,1-3H3. The first-order chi connectivity index (χ1) is 6.13. The van der Waals surface area contributed by atoms with Gasteiger partial charge in [0.1, 0.15) is 0 Å². The molecular weight excluding hydrogens is 156 g/mol. The molecule has 0 aromatic rings. The van der Waals surface area contributed by atoms with E-state index < -0.39 is 0 Å². The Morgan fingerprint density at radius 2 is 1.38 bits per heavy atom. The quantitative estimate of drug-likeness (QED) is 0.505. The molecule has 0 amide bonds. The lowest BCUT2D eigenvalue weighted by molar-refractivity contribution is 0.185. The molecule has 0 saturated heterocycles. The molecule has 1 aliphatic carbocycles. The molecule has 0 radical (unpaired) electrons. The molecule has 1 atom stereocenters. The van der Waals surface area contributed by atoms with Gasteiger partial charge in [-0.1, -0.05) is 65.7 Å². The van der Waals surface area contributed by atoms with Crippen LogP contribution in [0.2, 0.25) is 0 Å². The summed E-state index contributed by atoms with van der Waals surface area (Å²) in [5, 5.41) is 0. The minimum Gasteiger partial charge on any atom is -0.0620 e. The molecular formula is C13H26. The summed E-state index contributed by atoms with van der Waals surface area (Å²) in [4.78, 5) is 0. The lowest BCUT2D eigenvalue weighted by Crippen LogP contribution is -2.22. The van der Waals surface area contributed by atoms with Crippen molar-refractivity contribution in [3.63, 3.8) is 0 Å². The van der Waals surface area contributed by atoms with E-state index in [0.29, 0.717) is 5.41 Å². The zero-order valence-corrected chi connectivity index (χ0v) is 9.73. The number of rotatable bonds is 0. The number of hydrogen-bond donors (Lipinski definition) is 0. The average Bonchev–Trinajstić information content (AvgIpc) is 2.08. The number of hydrogen-bond acceptors (Lipinski definition) is 0. The highest BCUT2D eigenvalue weighted by Crippen LogP contribution is 2.36. The van der Waals surface area contributed by atoms with E-state index in [9.17, 15) is 0 Å². The molecule has 13 heavy (non-hydrogen) atoms. The van der Waals surface area contributed by atoms with E-state index in [0.717, 1.165) is 5.92 Å². The first kappa shape index (κ1) is 11.1. The summed E-state index contributed by atoms with van der Waals surface area (Å²) in [7, 11) is 0. The van der Waals surface area contributed by atoms with Crippen molar-refractivity contribution in [3.8, 4) is 0 Å². The van der Waals surface area contributed by atoms with Gasteiger partial charge in [-0.25, -0.2) is 0 Å². The normalized spacial score (nSPS) is 31.2. The summed E-state index contributed by atoms with van der Waals surface area (Å²) in [5.41, 5.74) is 0.595. The highest BCUT2D eigenvalue weighted by molar-refractivity contribution is 4.76. The zero-order valence-electron chi connectivity index (χ0n) is 9.73. The average molecular weight is 182 g/mol. The lowest BCUT2D eigenvalue weighted by Gasteiger charge is -2.32. The monoisotopic (exact) mass is 182 g/mol. The molecule has 78 valence electrons. The highest BCUT2D eigenvalue weighted by atomic mass is 14.3. The summed E-state index contributed by atoms with van der Waals surface area (Å²) in [6.07, 6.45) is 11.7. The van der Waals surface area contributed by atoms with Crippen molar-refractivity contribution >= 4 is 0 Å². The van der Waals surface area contributed by atoms with E-state index in [2.05, 4.69) is 20.8 Å². The molecule has 0 aromatic heterocycles. The van der Waals surface area contributed by atoms with E-state index in [1.54, 1.807) is 0 Å². The van der Waals surface area contributed by atoms with Gasteiger partial charge in [0.15, 0.2) is 0 Å². The van der Waals surface area contributed by atoms with E-state index in [-0.39, 0.29) is 0 Å². The summed E-state index contributed by atoms with van der Waals surface area (Å²) in [6.45, 7) is 7.36. The highest BCUT2D eigenvalue weighted by Gasteiger charge is 2.24. The SMILES string of the molecule is CC1CCCCCCCCC1(C)C. The van der Waals surface area contributed by atoms with Crippen LogP contribution < -0.4 is 0 Å². The maximum absolute atomic E-state index is 2.46. The van der Waals surface area contributed by atoms with Gasteiger partial charge in [0.05, 0.1) is 0 Å². The Morgan fingerprint density at radius 3 is 2.08 bits per heavy atom. The third-order valence-electron chi connectivity index (χ3n) is 4.04. The summed E-state index contributed by atoms with van der Waals surface area (Å²) in [5.74, 6) is 0.922. The van der Waals surface area contributed by atoms with Crippen LogP contribution in [0, 0.1) is 11.3 Å². The molecule has 1 saturated carbocycles. The van der Waals surface area contributed by atoms with Crippen molar-refractivity contribution in [2.75, 3.05) is 0 Å². The third-order valence-corrected chi connectivity index (χ3v) is 4.04. The second-order valence-corrected chi connectivity index (χ2v) is 5.55. The van der Waals surface area contributed by atoms with Gasteiger partial charge in [0.2, 0.25) is 0 Å². The van der Waals surface area contributed by atoms with Crippen LogP contribution in [0.1, 0.15) is 72.1 Å². The predicted molar refractivity (Wildman–Crippen MR) is 59.9 cm³/mol. The minimum absolute atomic E-state index is 0.595. The van der Waals surface area contributed by atoms with E-state index in [1.165, 1.54) is 51.4 Å². The Bertz CT molecular complexity index is 135. The van der Waals surface area contributed by atoms with Crippen LogP contribution >= 0.6 is 0 Å². The summed E-state index contributed by atoms with van der Waals surface area (Å²) in [6, 6.07) is 0. The van der Waals surface area contributed by atoms with Crippen LogP contribution in [0.3, 0.4) is 0 Å². The Morgan fingerprint density at radius 1 is 0.846 bits per heavy atom. The maximum atomic E-state index is 2.46. The van der Waals surface area contributed by atoms with Crippen molar-refractivity contribution in [2.45, 2.75) is 72.1 Å². The molecule has 0 N–H and O–H groups in total. The Balaban J connectivity index is 2.42. The van der Waals surface area contributed by atoms with Crippen molar-refractivity contribution in [1.82, 2.24) is 0 Å². The molecule has 0 heterocycles. The predicted octanol–water partition coefficient (Wildman–Crippen LogP) is 4.78. The smallest absolute Gasteiger partial charge is 0.0329 e. The molecule has 1 fully saturated rings. The molecule has 1 aliphatic rings. The molecule has 0 nitrogen and oxygen atoms in total. The third kappa shape index (κ3) is 3.70. The molecule has 0 aromatic carbocycles. The van der Waals surface area contributed by atoms with Gasteiger partial charge in [-0.15, -0.1) is 0 Å². The van der Waals surface area contributed by atoms with Crippen LogP contribution in [-0.2, 0) is 0 Å². The van der Waals surface area contributed by atoms with Gasteiger partial charge < -0.3 is 0 Å². The fourth-order valence-corrected chi connectivity index (χ4v) is 2.38. The molecule has 1 unspecified atom stereocenters. The van der Waals surface area contributed by atoms with E-state index in [4.69, 9.17) is 0 Å². The second kappa shape index (κ2) is 5.02. The van der Waals surface area contributed by atoms with Crippen LogP contribution in [0.25, 0.3) is 0 Å². The minimum atomic E-state index is 0.595. The van der Waals surface area contributed by atoms with Gasteiger partial charge in [-0.2, -0.15) is 0 Å². The van der Waals surface area contributed by atoms with Crippen LogP contribution in [0.5, 0.6) is 0 Å². The van der Waals surface area contributed by atoms with E-state index in [1.807, 2.05) is 0 Å². The van der Waals surface area contributed by atoms with Crippen molar-refractivity contribution in [1.29, 1.82) is 0 Å². The molecule has 0 bridgehead atoms. The Kier molecular flexibility index (Phi) is 4.28. The molecule has 0 aliphatic heterocycles. The topological polar surface area (TPSA) is 0 Å². The Hall–Kier alpha value is 0. The van der Waals surface area contributed by atoms with Gasteiger partial charge in [0, 0.05) is 0 Å². The second-order valence-electron chi connectivity index (χ2n) is 5.55. The largest absolute Gasteiger partial charge is 0.0620 e. The van der Waals surface area contributed by atoms with Gasteiger partial charge in [-0.05, 0) is 17.8 Å². The fraction of sp³-hybridized carbons (Fsp3) is 1.00. The summed E-state index contributed by atoms with van der Waals surface area (Å²) >= 11 is 0. The fourth-order valence-electron chi connectivity index (χ4n) is 2.38. The van der Waals surface area contributed by atoms with Crippen molar-refractivity contribution in [3.05, 3.63) is 0 Å². The Labute approximate surface area is 84.1 Å². The first-order valence-electron chi connectivity index (χ1n) is 6.13. The van der Waals surface area contributed by atoms with Gasteiger partial charge in [-0.3, -0.25) is 0 Å². The first-order valence-corrected chi connectivity index (χ1v) is 6.13. The van der Waals surface area contributed by atoms with Crippen LogP contribution in [0.4, 0.5) is 0 Å².